The lowest BCUT2D eigenvalue weighted by molar-refractivity contribution is -0.138. The monoisotopic (exact) mass is 558 g/mol. The van der Waals surface area contributed by atoms with E-state index in [1.807, 2.05) is 24.3 Å². The molecule has 0 fully saturated rings. The Balaban J connectivity index is 0.00000450. The Morgan fingerprint density at radius 2 is 2.03 bits per heavy atom. The van der Waals surface area contributed by atoms with Crippen molar-refractivity contribution in [2.24, 2.45) is 4.99 Å². The van der Waals surface area contributed by atoms with Gasteiger partial charge in [0.25, 0.3) is 0 Å². The fraction of sp³-hybridized carbons (Fsp3) is 0.474. The molecule has 0 saturated carbocycles. The van der Waals surface area contributed by atoms with E-state index in [9.17, 15) is 13.2 Å². The summed E-state index contributed by atoms with van der Waals surface area (Å²) < 4.78 is 49.6. The molecule has 2 aromatic rings. The molecule has 0 amide bonds. The molecule has 0 spiro atoms. The van der Waals surface area contributed by atoms with Crippen molar-refractivity contribution >= 4 is 41.3 Å². The molecule has 1 aromatic heterocycles. The Morgan fingerprint density at radius 3 is 2.67 bits per heavy atom. The molecule has 0 bridgehead atoms. The lowest BCUT2D eigenvalue weighted by Crippen LogP contribution is -2.40. The summed E-state index contributed by atoms with van der Waals surface area (Å²) in [5.74, 6) is 0.402. The van der Waals surface area contributed by atoms with E-state index < -0.39 is 11.7 Å². The molecule has 0 saturated heterocycles. The first-order chi connectivity index (χ1) is 13.8. The third kappa shape index (κ3) is 7.58. The van der Waals surface area contributed by atoms with Gasteiger partial charge in [-0.3, -0.25) is 4.99 Å². The van der Waals surface area contributed by atoms with Gasteiger partial charge >= 0.3 is 6.18 Å². The van der Waals surface area contributed by atoms with Crippen LogP contribution in [0.15, 0.2) is 34.6 Å². The average Bonchev–Trinajstić information content (AvgIpc) is 3.15. The minimum Gasteiger partial charge on any atom is -0.491 e. The van der Waals surface area contributed by atoms with Gasteiger partial charge in [0, 0.05) is 26.6 Å². The van der Waals surface area contributed by atoms with Gasteiger partial charge in [0.2, 0.25) is 0 Å². The molecule has 1 unspecified atom stereocenters. The molecule has 0 aliphatic rings. The maximum Gasteiger partial charge on any atom is 0.419 e. The van der Waals surface area contributed by atoms with Crippen molar-refractivity contribution in [3.63, 3.8) is 0 Å². The number of rotatable bonds is 8. The zero-order chi connectivity index (χ0) is 21.4. The van der Waals surface area contributed by atoms with E-state index in [0.29, 0.717) is 19.0 Å². The van der Waals surface area contributed by atoms with Gasteiger partial charge < -0.3 is 19.7 Å². The van der Waals surface area contributed by atoms with Crippen molar-refractivity contribution in [1.82, 2.24) is 15.2 Å². The van der Waals surface area contributed by atoms with E-state index in [4.69, 9.17) is 9.47 Å². The number of alkyl halides is 3. The maximum atomic E-state index is 13.0. The summed E-state index contributed by atoms with van der Waals surface area (Å²) in [5.41, 5.74) is 0.0980. The molecule has 1 atom stereocenters. The maximum absolute atomic E-state index is 13.0. The topological polar surface area (TPSA) is 59.0 Å². The smallest absolute Gasteiger partial charge is 0.419 e. The molecule has 11 heteroatoms. The molecular formula is C19H26F3IN4O2S. The van der Waals surface area contributed by atoms with E-state index in [0.717, 1.165) is 16.8 Å². The molecule has 0 aliphatic carbocycles. The third-order valence-corrected chi connectivity index (χ3v) is 5.13. The highest BCUT2D eigenvalue weighted by Gasteiger charge is 2.33. The van der Waals surface area contributed by atoms with E-state index in [1.165, 1.54) is 29.5 Å². The highest BCUT2D eigenvalue weighted by atomic mass is 127. The van der Waals surface area contributed by atoms with Crippen molar-refractivity contribution in [2.75, 3.05) is 34.4 Å². The average molecular weight is 558 g/mol. The number of thiazole rings is 1. The van der Waals surface area contributed by atoms with Crippen molar-refractivity contribution in [1.29, 1.82) is 0 Å². The van der Waals surface area contributed by atoms with E-state index in [1.54, 1.807) is 14.2 Å². The van der Waals surface area contributed by atoms with Gasteiger partial charge in [-0.15, -0.1) is 35.3 Å². The normalized spacial score (nSPS) is 12.8. The highest BCUT2D eigenvalue weighted by Crippen LogP contribution is 2.35. The number of benzene rings is 1. The van der Waals surface area contributed by atoms with Crippen LogP contribution in [-0.4, -0.2) is 50.2 Å². The second-order valence-electron chi connectivity index (χ2n) is 6.23. The molecule has 0 radical (unpaired) electrons. The minimum atomic E-state index is -4.45. The predicted molar refractivity (Wildman–Crippen MR) is 123 cm³/mol. The van der Waals surface area contributed by atoms with Gasteiger partial charge in [-0.05, 0) is 19.1 Å². The van der Waals surface area contributed by atoms with Gasteiger partial charge in [0.05, 0.1) is 24.3 Å². The molecular weight excluding hydrogens is 532 g/mol. The fourth-order valence-corrected chi connectivity index (χ4v) is 3.38. The summed E-state index contributed by atoms with van der Waals surface area (Å²) in [6.45, 7) is 2.83. The number of para-hydroxylation sites is 1. The van der Waals surface area contributed by atoms with Gasteiger partial charge in [-0.1, -0.05) is 12.1 Å². The SMILES string of the molecule is CN=C(NCCOc1ccccc1C(F)(F)F)N(C)Cc1csc(C(C)OC)n1.I. The van der Waals surface area contributed by atoms with Crippen molar-refractivity contribution < 1.29 is 22.6 Å². The van der Waals surface area contributed by atoms with E-state index in [2.05, 4.69) is 15.3 Å². The Kier molecular flexibility index (Phi) is 10.8. The van der Waals surface area contributed by atoms with Gasteiger partial charge in [-0.25, -0.2) is 4.98 Å². The number of nitrogens with zero attached hydrogens (tertiary/aromatic N) is 3. The van der Waals surface area contributed by atoms with Gasteiger partial charge in [-0.2, -0.15) is 13.2 Å². The largest absolute Gasteiger partial charge is 0.491 e. The Bertz CT molecular complexity index is 817. The quantitative estimate of drug-likeness (QED) is 0.223. The zero-order valence-corrected chi connectivity index (χ0v) is 20.3. The molecule has 1 heterocycles. The number of methoxy groups -OCH3 is 1. The standard InChI is InChI=1S/C19H25F3N4O2S.HI/c1-13(27-4)17-25-14(12-29-17)11-26(3)18(23-2)24-9-10-28-16-8-6-5-7-15(16)19(20,21)22;/h5-8,12-13H,9-11H2,1-4H3,(H,23,24);1H. The number of nitrogens with one attached hydrogen (secondary N) is 1. The first-order valence-electron chi connectivity index (χ1n) is 8.94. The van der Waals surface area contributed by atoms with Crippen LogP contribution in [0.5, 0.6) is 5.75 Å². The van der Waals surface area contributed by atoms with Gasteiger partial charge in [0.1, 0.15) is 23.5 Å². The molecule has 168 valence electrons. The fourth-order valence-electron chi connectivity index (χ4n) is 2.54. The first kappa shape index (κ1) is 26.4. The second-order valence-corrected chi connectivity index (χ2v) is 7.12. The summed E-state index contributed by atoms with van der Waals surface area (Å²) in [6, 6.07) is 5.16. The van der Waals surface area contributed by atoms with Crippen LogP contribution in [0.4, 0.5) is 13.2 Å². The molecule has 0 aliphatic heterocycles. The summed E-state index contributed by atoms with van der Waals surface area (Å²) in [4.78, 5) is 10.6. The molecule has 1 aromatic carbocycles. The summed E-state index contributed by atoms with van der Waals surface area (Å²) in [5, 5.41) is 5.94. The van der Waals surface area contributed by atoms with Crippen LogP contribution >= 0.6 is 35.3 Å². The molecule has 30 heavy (non-hydrogen) atoms. The zero-order valence-electron chi connectivity index (χ0n) is 17.2. The molecule has 6 nitrogen and oxygen atoms in total. The van der Waals surface area contributed by atoms with Gasteiger partial charge in [0.15, 0.2) is 5.96 Å². The van der Waals surface area contributed by atoms with Crippen molar-refractivity contribution in [2.45, 2.75) is 25.7 Å². The Morgan fingerprint density at radius 1 is 1.33 bits per heavy atom. The lowest BCUT2D eigenvalue weighted by atomic mass is 10.2. The first-order valence-corrected chi connectivity index (χ1v) is 9.82. The highest BCUT2D eigenvalue weighted by molar-refractivity contribution is 14.0. The number of hydrogen-bond acceptors (Lipinski definition) is 5. The number of hydrogen-bond donors (Lipinski definition) is 1. The lowest BCUT2D eigenvalue weighted by Gasteiger charge is -2.21. The number of halogens is 4. The van der Waals surface area contributed by atoms with Crippen LogP contribution in [-0.2, 0) is 17.5 Å². The molecule has 1 N–H and O–H groups in total. The van der Waals surface area contributed by atoms with Crippen LogP contribution in [0.2, 0.25) is 0 Å². The second kappa shape index (κ2) is 12.3. The number of aliphatic imine (C=N–C) groups is 1. The minimum absolute atomic E-state index is 0. The third-order valence-electron chi connectivity index (χ3n) is 4.08. The summed E-state index contributed by atoms with van der Waals surface area (Å²) in [7, 11) is 5.13. The van der Waals surface area contributed by atoms with Crippen LogP contribution < -0.4 is 10.1 Å². The Labute approximate surface area is 195 Å². The van der Waals surface area contributed by atoms with Crippen LogP contribution in [0.3, 0.4) is 0 Å². The van der Waals surface area contributed by atoms with Crippen LogP contribution in [0.25, 0.3) is 0 Å². The van der Waals surface area contributed by atoms with Crippen LogP contribution in [0, 0.1) is 0 Å². The molecule has 2 rings (SSSR count). The number of ether oxygens (including phenoxy) is 2. The van der Waals surface area contributed by atoms with E-state index in [-0.39, 0.29) is 42.4 Å². The predicted octanol–water partition coefficient (Wildman–Crippen LogP) is 4.57. The Hall–Kier alpha value is -1.60. The number of guanidine groups is 1. The van der Waals surface area contributed by atoms with Crippen molar-refractivity contribution in [3.05, 3.63) is 45.9 Å². The number of aromatic nitrogens is 1. The summed E-state index contributed by atoms with van der Waals surface area (Å²) >= 11 is 1.53. The van der Waals surface area contributed by atoms with E-state index >= 15 is 0 Å². The van der Waals surface area contributed by atoms with Crippen LogP contribution in [0.1, 0.15) is 29.3 Å². The summed E-state index contributed by atoms with van der Waals surface area (Å²) in [6.07, 6.45) is -4.51. The van der Waals surface area contributed by atoms with Crippen molar-refractivity contribution in [3.8, 4) is 5.75 Å².